The number of nitrogens with zero attached hydrogens (tertiary/aromatic N) is 2. The molecule has 1 aromatic heterocycles. The van der Waals surface area contributed by atoms with E-state index in [1.54, 1.807) is 12.3 Å². The topological polar surface area (TPSA) is 213 Å². The van der Waals surface area contributed by atoms with Gasteiger partial charge in [-0.25, -0.2) is 13.6 Å². The molecule has 17 heteroatoms. The molecule has 14 nitrogen and oxygen atoms in total. The van der Waals surface area contributed by atoms with E-state index >= 15 is 4.39 Å². The van der Waals surface area contributed by atoms with Crippen molar-refractivity contribution in [1.82, 2.24) is 25.4 Å². The first-order chi connectivity index (χ1) is 27.0. The summed E-state index contributed by atoms with van der Waals surface area (Å²) in [4.78, 5) is 75.7. The molecule has 0 radical (unpaired) electrons. The van der Waals surface area contributed by atoms with Crippen LogP contribution in [-0.2, 0) is 35.3 Å². The average Bonchev–Trinajstić information content (AvgIpc) is 3.57. The number of aromatic nitrogens is 1. The lowest BCUT2D eigenvalue weighted by Crippen LogP contribution is -2.51. The molecular formula is C40H50F2N6O8S. The standard InChI is InChI=1S/C40H50F2N6O8S/c1-40(2,3)36(32-16-25(28-17-26(41)11-12-29(28)42)21-47(32)20-24-8-5-4-6-9-24)48(35(52)22-49)15-13-30(43)37(53)44-14-7-10-27(50)19-45-34(51)18-33-38(54)46-31(23-57-33)39(55)56/h4-6,8-9,11-12,16-17,21,30-31,33,36,49H,7,10,13-15,18-20,22-23,43H2,1-3H3,(H,44,53)(H,45,51)(H,46,54)(H,55,56)/t30-,31-,33?,36-/m0/s1. The van der Waals surface area contributed by atoms with Crippen LogP contribution in [0.1, 0.15) is 63.8 Å². The molecule has 4 atom stereocenters. The molecule has 0 aliphatic carbocycles. The van der Waals surface area contributed by atoms with E-state index in [2.05, 4.69) is 16.0 Å². The molecule has 0 saturated carbocycles. The van der Waals surface area contributed by atoms with Gasteiger partial charge in [0.2, 0.25) is 23.6 Å². The van der Waals surface area contributed by atoms with Gasteiger partial charge in [-0.3, -0.25) is 24.0 Å². The molecule has 1 aliphatic rings. The number of hydrogen-bond donors (Lipinski definition) is 6. The van der Waals surface area contributed by atoms with E-state index in [4.69, 9.17) is 10.8 Å². The van der Waals surface area contributed by atoms with E-state index < -0.39 is 76.6 Å². The van der Waals surface area contributed by atoms with Gasteiger partial charge in [0, 0.05) is 61.2 Å². The molecule has 1 unspecified atom stereocenters. The second-order valence-corrected chi connectivity index (χ2v) is 16.2. The summed E-state index contributed by atoms with van der Waals surface area (Å²) in [7, 11) is 0. The number of amides is 4. The number of carboxylic acid groups (broad SMARTS) is 1. The average molecular weight is 813 g/mol. The Morgan fingerprint density at radius 2 is 1.79 bits per heavy atom. The predicted molar refractivity (Wildman–Crippen MR) is 210 cm³/mol. The number of nitrogens with one attached hydrogen (secondary N) is 3. The second kappa shape index (κ2) is 20.3. The van der Waals surface area contributed by atoms with Gasteiger partial charge in [-0.15, -0.1) is 11.8 Å². The van der Waals surface area contributed by atoms with Crippen molar-refractivity contribution < 1.29 is 47.8 Å². The number of thioether (sulfide) groups is 1. The van der Waals surface area contributed by atoms with Crippen LogP contribution in [0.3, 0.4) is 0 Å². The number of hydrogen-bond acceptors (Lipinski definition) is 9. The number of Topliss-reactive ketones (excluding diaryl/α,β-unsaturated/α-hetero) is 1. The SMILES string of the molecule is CC(C)(C)[C@H](c1cc(-c2cc(F)ccc2F)cn1Cc1ccccc1)N(CC[C@H](N)C(=O)NCCCC(=O)CNC(=O)CC1SC[C@@H](C(=O)O)NC1=O)C(=O)CO. The maximum Gasteiger partial charge on any atom is 0.327 e. The van der Waals surface area contributed by atoms with Crippen LogP contribution in [0.15, 0.2) is 60.8 Å². The summed E-state index contributed by atoms with van der Waals surface area (Å²) in [5.41, 5.74) is 7.55. The van der Waals surface area contributed by atoms with Gasteiger partial charge in [0.05, 0.1) is 23.9 Å². The van der Waals surface area contributed by atoms with Gasteiger partial charge in [0.25, 0.3) is 0 Å². The van der Waals surface area contributed by atoms with Crippen molar-refractivity contribution >= 4 is 47.1 Å². The van der Waals surface area contributed by atoms with E-state index in [1.807, 2.05) is 55.7 Å². The molecule has 0 bridgehead atoms. The Hall–Kier alpha value is -5.13. The number of halogens is 2. The third-order valence-corrected chi connectivity index (χ3v) is 10.7. The maximum absolute atomic E-state index is 15.0. The predicted octanol–water partition coefficient (Wildman–Crippen LogP) is 2.76. The van der Waals surface area contributed by atoms with Gasteiger partial charge >= 0.3 is 5.97 Å². The van der Waals surface area contributed by atoms with Gasteiger partial charge in [-0.05, 0) is 48.1 Å². The second-order valence-electron chi connectivity index (χ2n) is 14.9. The number of nitrogens with two attached hydrogens (primary N) is 1. The molecule has 1 fully saturated rings. The Bertz CT molecular complexity index is 1920. The first-order valence-electron chi connectivity index (χ1n) is 18.5. The van der Waals surface area contributed by atoms with Crippen molar-refractivity contribution in [2.75, 3.05) is 32.0 Å². The molecule has 1 aliphatic heterocycles. The van der Waals surface area contributed by atoms with Crippen molar-refractivity contribution in [3.63, 3.8) is 0 Å². The smallest absolute Gasteiger partial charge is 0.327 e. The highest BCUT2D eigenvalue weighted by molar-refractivity contribution is 8.00. The molecule has 7 N–H and O–H groups in total. The zero-order valence-electron chi connectivity index (χ0n) is 32.1. The lowest BCUT2D eigenvalue weighted by atomic mass is 9.82. The fourth-order valence-corrected chi connectivity index (χ4v) is 7.68. The van der Waals surface area contributed by atoms with E-state index in [-0.39, 0.29) is 62.4 Å². The molecule has 3 aromatic rings. The van der Waals surface area contributed by atoms with Crippen molar-refractivity contribution in [2.24, 2.45) is 11.1 Å². The van der Waals surface area contributed by atoms with Crippen LogP contribution in [0.4, 0.5) is 8.78 Å². The number of carboxylic acids is 1. The van der Waals surface area contributed by atoms with Crippen LogP contribution in [0, 0.1) is 17.0 Å². The van der Waals surface area contributed by atoms with Gasteiger partial charge in [-0.2, -0.15) is 0 Å². The number of carbonyl (C=O) groups is 6. The van der Waals surface area contributed by atoms with Crippen LogP contribution < -0.4 is 21.7 Å². The monoisotopic (exact) mass is 812 g/mol. The first-order valence-corrected chi connectivity index (χ1v) is 19.6. The quantitative estimate of drug-likeness (QED) is 0.0975. The summed E-state index contributed by atoms with van der Waals surface area (Å²) in [5.74, 6) is -4.80. The van der Waals surface area contributed by atoms with Crippen molar-refractivity contribution in [2.45, 2.75) is 76.4 Å². The van der Waals surface area contributed by atoms with Gasteiger partial charge < -0.3 is 41.4 Å². The lowest BCUT2D eigenvalue weighted by Gasteiger charge is -2.41. The van der Waals surface area contributed by atoms with Crippen molar-refractivity contribution in [3.8, 4) is 11.1 Å². The zero-order chi connectivity index (χ0) is 41.9. The third-order valence-electron chi connectivity index (χ3n) is 9.41. The van der Waals surface area contributed by atoms with E-state index in [0.29, 0.717) is 17.8 Å². The van der Waals surface area contributed by atoms with Gasteiger partial charge in [0.15, 0.2) is 5.78 Å². The molecule has 2 aromatic carbocycles. The molecule has 4 amide bonds. The van der Waals surface area contributed by atoms with Crippen molar-refractivity contribution in [1.29, 1.82) is 0 Å². The number of aliphatic hydroxyl groups is 1. The Morgan fingerprint density at radius 1 is 1.07 bits per heavy atom. The molecule has 4 rings (SSSR count). The summed E-state index contributed by atoms with van der Waals surface area (Å²) in [6, 6.07) is 11.6. The highest BCUT2D eigenvalue weighted by Gasteiger charge is 2.38. The van der Waals surface area contributed by atoms with Gasteiger partial charge in [-0.1, -0.05) is 51.1 Å². The van der Waals surface area contributed by atoms with Crippen LogP contribution >= 0.6 is 11.8 Å². The number of aliphatic hydroxyl groups excluding tert-OH is 1. The molecule has 2 heterocycles. The van der Waals surface area contributed by atoms with Gasteiger partial charge in [0.1, 0.15) is 24.3 Å². The molecule has 57 heavy (non-hydrogen) atoms. The van der Waals surface area contributed by atoms with Crippen LogP contribution in [0.5, 0.6) is 0 Å². The van der Waals surface area contributed by atoms with Crippen LogP contribution in [-0.4, -0.2) is 104 Å². The number of benzene rings is 2. The van der Waals surface area contributed by atoms with Crippen LogP contribution in [0.2, 0.25) is 0 Å². The number of carbonyl (C=O) groups excluding carboxylic acids is 5. The minimum atomic E-state index is -1.16. The minimum Gasteiger partial charge on any atom is -0.480 e. The molecule has 0 spiro atoms. The van der Waals surface area contributed by atoms with Crippen molar-refractivity contribution in [3.05, 3.63) is 83.7 Å². The normalized spacial score (nSPS) is 16.6. The Balaban J connectivity index is 1.36. The summed E-state index contributed by atoms with van der Waals surface area (Å²) in [6.45, 7) is 5.03. The first kappa shape index (κ1) is 44.6. The molecule has 308 valence electrons. The largest absolute Gasteiger partial charge is 0.480 e. The Labute approximate surface area is 333 Å². The van der Waals surface area contributed by atoms with E-state index in [0.717, 1.165) is 35.5 Å². The number of rotatable bonds is 19. The Kier molecular flexibility index (Phi) is 15.9. The molecule has 1 saturated heterocycles. The molecular weight excluding hydrogens is 763 g/mol. The van der Waals surface area contributed by atoms with E-state index in [9.17, 15) is 38.3 Å². The third kappa shape index (κ3) is 12.7. The van der Waals surface area contributed by atoms with E-state index in [1.165, 1.54) is 4.90 Å². The Morgan fingerprint density at radius 3 is 2.44 bits per heavy atom. The minimum absolute atomic E-state index is 0.00809. The number of ketones is 1. The highest BCUT2D eigenvalue weighted by Crippen LogP contribution is 2.41. The summed E-state index contributed by atoms with van der Waals surface area (Å²) < 4.78 is 31.2. The maximum atomic E-state index is 15.0. The lowest BCUT2D eigenvalue weighted by molar-refractivity contribution is -0.141. The van der Waals surface area contributed by atoms with Crippen LogP contribution in [0.25, 0.3) is 11.1 Å². The summed E-state index contributed by atoms with van der Waals surface area (Å²) in [6.07, 6.45) is 1.78. The zero-order valence-corrected chi connectivity index (χ0v) is 33.0. The number of aliphatic carboxylic acids is 1. The summed E-state index contributed by atoms with van der Waals surface area (Å²) >= 11 is 1.06. The fourth-order valence-electron chi connectivity index (χ4n) is 6.54. The fraction of sp³-hybridized carbons (Fsp3) is 0.450. The highest BCUT2D eigenvalue weighted by atomic mass is 32.2. The summed E-state index contributed by atoms with van der Waals surface area (Å²) in [5, 5.41) is 25.8.